The summed E-state index contributed by atoms with van der Waals surface area (Å²) >= 11 is 0. The standard InChI is InChI=1S/C12H16O5/c1-8(13)16-17-10-9(11(14)15-4)6-5-7-12(10,2)3/h5-7,10H,1-4H3. The van der Waals surface area contributed by atoms with Gasteiger partial charge in [-0.05, 0) is 6.08 Å². The lowest BCUT2D eigenvalue weighted by molar-refractivity contribution is -0.301. The number of hydrogen-bond acceptors (Lipinski definition) is 5. The molecule has 0 amide bonds. The van der Waals surface area contributed by atoms with Crippen molar-refractivity contribution in [3.63, 3.8) is 0 Å². The highest BCUT2D eigenvalue weighted by Gasteiger charge is 2.38. The van der Waals surface area contributed by atoms with Crippen LogP contribution < -0.4 is 0 Å². The molecular weight excluding hydrogens is 224 g/mol. The maximum atomic E-state index is 11.6. The summed E-state index contributed by atoms with van der Waals surface area (Å²) in [5.41, 5.74) is -0.144. The van der Waals surface area contributed by atoms with Gasteiger partial charge in [0.2, 0.25) is 0 Å². The van der Waals surface area contributed by atoms with Crippen LogP contribution in [0.15, 0.2) is 23.8 Å². The molecule has 1 atom stereocenters. The Balaban J connectivity index is 2.92. The molecule has 94 valence electrons. The van der Waals surface area contributed by atoms with E-state index in [1.54, 1.807) is 12.2 Å². The van der Waals surface area contributed by atoms with Crippen molar-refractivity contribution in [2.75, 3.05) is 7.11 Å². The third kappa shape index (κ3) is 3.17. The molecule has 0 spiro atoms. The van der Waals surface area contributed by atoms with E-state index in [0.717, 1.165) is 0 Å². The van der Waals surface area contributed by atoms with Crippen LogP contribution in [0.5, 0.6) is 0 Å². The predicted octanol–water partition coefficient (Wildman–Crippen LogP) is 1.55. The molecule has 1 aliphatic rings. The Labute approximate surface area is 100.0 Å². The minimum absolute atomic E-state index is 0.321. The average molecular weight is 240 g/mol. The average Bonchev–Trinajstić information content (AvgIpc) is 2.24. The molecule has 0 N–H and O–H groups in total. The van der Waals surface area contributed by atoms with Gasteiger partial charge in [-0.3, -0.25) is 4.89 Å². The van der Waals surface area contributed by atoms with E-state index in [9.17, 15) is 9.59 Å². The van der Waals surface area contributed by atoms with E-state index >= 15 is 0 Å². The van der Waals surface area contributed by atoms with Crippen LogP contribution in [0.3, 0.4) is 0 Å². The normalized spacial score (nSPS) is 21.6. The summed E-state index contributed by atoms with van der Waals surface area (Å²) in [5, 5.41) is 0. The fraction of sp³-hybridized carbons (Fsp3) is 0.500. The summed E-state index contributed by atoms with van der Waals surface area (Å²) < 4.78 is 4.66. The Morgan fingerprint density at radius 3 is 2.53 bits per heavy atom. The molecule has 0 saturated carbocycles. The number of allylic oxidation sites excluding steroid dienone is 2. The third-order valence-electron chi connectivity index (χ3n) is 2.44. The quantitative estimate of drug-likeness (QED) is 0.425. The van der Waals surface area contributed by atoms with Gasteiger partial charge in [0.05, 0.1) is 12.7 Å². The molecule has 0 heterocycles. The van der Waals surface area contributed by atoms with Gasteiger partial charge in [-0.2, -0.15) is 4.89 Å². The zero-order valence-electron chi connectivity index (χ0n) is 10.4. The molecule has 1 aliphatic carbocycles. The first-order chi connectivity index (χ1) is 7.88. The van der Waals surface area contributed by atoms with Gasteiger partial charge in [0.1, 0.15) is 6.10 Å². The molecule has 1 unspecified atom stereocenters. The fourth-order valence-electron chi connectivity index (χ4n) is 1.56. The van der Waals surface area contributed by atoms with Crippen LogP contribution in [0.2, 0.25) is 0 Å². The van der Waals surface area contributed by atoms with Crippen LogP contribution in [0, 0.1) is 5.41 Å². The number of carbonyl (C=O) groups is 2. The molecular formula is C12H16O5. The lowest BCUT2D eigenvalue weighted by Gasteiger charge is -2.32. The van der Waals surface area contributed by atoms with Crippen LogP contribution in [0.1, 0.15) is 20.8 Å². The van der Waals surface area contributed by atoms with Crippen LogP contribution in [0.25, 0.3) is 0 Å². The number of hydrogen-bond donors (Lipinski definition) is 0. The van der Waals surface area contributed by atoms with E-state index in [1.165, 1.54) is 14.0 Å². The molecule has 1 rings (SSSR count). The topological polar surface area (TPSA) is 61.8 Å². The number of methoxy groups -OCH3 is 1. The van der Waals surface area contributed by atoms with Crippen molar-refractivity contribution in [2.45, 2.75) is 26.9 Å². The summed E-state index contributed by atoms with van der Waals surface area (Å²) in [5.74, 6) is -1.07. The highest BCUT2D eigenvalue weighted by molar-refractivity contribution is 5.90. The molecule has 0 bridgehead atoms. The van der Waals surface area contributed by atoms with Crippen molar-refractivity contribution in [1.82, 2.24) is 0 Å². The molecule has 5 nitrogen and oxygen atoms in total. The largest absolute Gasteiger partial charge is 0.466 e. The zero-order valence-corrected chi connectivity index (χ0v) is 10.4. The Kier molecular flexibility index (Phi) is 4.07. The maximum Gasteiger partial charge on any atom is 0.339 e. The molecule has 0 fully saturated rings. The van der Waals surface area contributed by atoms with Gasteiger partial charge in [0.25, 0.3) is 0 Å². The summed E-state index contributed by atoms with van der Waals surface area (Å²) in [6.07, 6.45) is 4.53. The molecule has 0 saturated heterocycles. The first kappa shape index (κ1) is 13.4. The molecule has 5 heteroatoms. The van der Waals surface area contributed by atoms with Crippen molar-refractivity contribution in [1.29, 1.82) is 0 Å². The smallest absolute Gasteiger partial charge is 0.339 e. The van der Waals surface area contributed by atoms with Gasteiger partial charge in [-0.25, -0.2) is 9.59 Å². The second-order valence-electron chi connectivity index (χ2n) is 4.35. The van der Waals surface area contributed by atoms with Crippen molar-refractivity contribution in [2.24, 2.45) is 5.41 Å². The van der Waals surface area contributed by atoms with Crippen molar-refractivity contribution < 1.29 is 24.1 Å². The van der Waals surface area contributed by atoms with Gasteiger partial charge >= 0.3 is 11.9 Å². The molecule has 17 heavy (non-hydrogen) atoms. The van der Waals surface area contributed by atoms with E-state index in [0.29, 0.717) is 5.57 Å². The monoisotopic (exact) mass is 240 g/mol. The first-order valence-electron chi connectivity index (χ1n) is 5.20. The lowest BCUT2D eigenvalue weighted by Crippen LogP contribution is -2.37. The van der Waals surface area contributed by atoms with E-state index in [1.807, 2.05) is 19.9 Å². The van der Waals surface area contributed by atoms with Crippen LogP contribution in [0.4, 0.5) is 0 Å². The Hall–Kier alpha value is -1.62. The number of rotatable bonds is 3. The second-order valence-corrected chi connectivity index (χ2v) is 4.35. The van der Waals surface area contributed by atoms with Crippen molar-refractivity contribution >= 4 is 11.9 Å². The lowest BCUT2D eigenvalue weighted by atomic mass is 9.79. The van der Waals surface area contributed by atoms with Crippen LogP contribution in [-0.2, 0) is 24.1 Å². The molecule has 0 radical (unpaired) electrons. The van der Waals surface area contributed by atoms with Crippen molar-refractivity contribution in [3.05, 3.63) is 23.8 Å². The first-order valence-corrected chi connectivity index (χ1v) is 5.20. The van der Waals surface area contributed by atoms with E-state index < -0.39 is 23.5 Å². The summed E-state index contributed by atoms with van der Waals surface area (Å²) in [6.45, 7) is 4.97. The van der Waals surface area contributed by atoms with E-state index in [2.05, 4.69) is 9.62 Å². The number of ether oxygens (including phenoxy) is 1. The van der Waals surface area contributed by atoms with Gasteiger partial charge in [-0.15, -0.1) is 0 Å². The summed E-state index contributed by atoms with van der Waals surface area (Å²) in [6, 6.07) is 0. The number of carbonyl (C=O) groups excluding carboxylic acids is 2. The summed E-state index contributed by atoms with van der Waals surface area (Å²) in [7, 11) is 1.29. The SMILES string of the molecule is COC(=O)C1=CC=CC(C)(C)C1OOC(C)=O. The van der Waals surface area contributed by atoms with Gasteiger partial charge in [0.15, 0.2) is 0 Å². The fourth-order valence-corrected chi connectivity index (χ4v) is 1.56. The van der Waals surface area contributed by atoms with Crippen LogP contribution in [-0.4, -0.2) is 25.2 Å². The molecule has 0 aromatic carbocycles. The van der Waals surface area contributed by atoms with Crippen LogP contribution >= 0.6 is 0 Å². The maximum absolute atomic E-state index is 11.6. The Morgan fingerprint density at radius 1 is 1.35 bits per heavy atom. The number of esters is 1. The minimum atomic E-state index is -0.677. The Bertz CT molecular complexity index is 378. The predicted molar refractivity (Wildman–Crippen MR) is 59.7 cm³/mol. The van der Waals surface area contributed by atoms with Gasteiger partial charge in [0, 0.05) is 12.3 Å². The highest BCUT2D eigenvalue weighted by Crippen LogP contribution is 2.34. The van der Waals surface area contributed by atoms with Gasteiger partial charge in [-0.1, -0.05) is 26.0 Å². The summed E-state index contributed by atoms with van der Waals surface area (Å²) in [4.78, 5) is 31.9. The highest BCUT2D eigenvalue weighted by atomic mass is 17.2. The van der Waals surface area contributed by atoms with E-state index in [4.69, 9.17) is 4.89 Å². The third-order valence-corrected chi connectivity index (χ3v) is 2.44. The van der Waals surface area contributed by atoms with Crippen molar-refractivity contribution in [3.8, 4) is 0 Å². The molecule has 0 aliphatic heterocycles. The minimum Gasteiger partial charge on any atom is -0.466 e. The molecule has 0 aromatic rings. The Morgan fingerprint density at radius 2 is 2.00 bits per heavy atom. The zero-order chi connectivity index (χ0) is 13.1. The van der Waals surface area contributed by atoms with E-state index in [-0.39, 0.29) is 0 Å². The molecule has 0 aromatic heterocycles. The second kappa shape index (κ2) is 5.14. The van der Waals surface area contributed by atoms with Gasteiger partial charge < -0.3 is 4.74 Å².